The highest BCUT2D eigenvalue weighted by Crippen LogP contribution is 2.27. The number of halogens is 2. The Morgan fingerprint density at radius 3 is 2.71 bits per heavy atom. The number of carbonyl (C=O) groups excluding carboxylic acids is 1. The fourth-order valence-corrected chi connectivity index (χ4v) is 1.30. The average molecular weight is 234 g/mol. The summed E-state index contributed by atoms with van der Waals surface area (Å²) in [6.45, 7) is 0.254. The van der Waals surface area contributed by atoms with Gasteiger partial charge >= 0.3 is 5.97 Å². The lowest BCUT2D eigenvalue weighted by molar-refractivity contribution is -0.134. The van der Waals surface area contributed by atoms with Crippen LogP contribution in [-0.4, -0.2) is 12.5 Å². The van der Waals surface area contributed by atoms with Crippen molar-refractivity contribution in [1.82, 2.24) is 0 Å². The van der Waals surface area contributed by atoms with Crippen molar-refractivity contribution in [1.29, 1.82) is 0 Å². The van der Waals surface area contributed by atoms with E-state index >= 15 is 0 Å². The van der Waals surface area contributed by atoms with Crippen LogP contribution in [0.3, 0.4) is 0 Å². The van der Waals surface area contributed by atoms with Crippen molar-refractivity contribution in [2.75, 3.05) is 6.54 Å². The van der Waals surface area contributed by atoms with Crippen LogP contribution < -0.4 is 10.5 Å². The van der Waals surface area contributed by atoms with Crippen molar-refractivity contribution in [3.05, 3.63) is 28.2 Å². The molecule has 0 fully saturated rings. The molecule has 0 amide bonds. The van der Waals surface area contributed by atoms with Crippen molar-refractivity contribution >= 4 is 29.2 Å². The summed E-state index contributed by atoms with van der Waals surface area (Å²) in [4.78, 5) is 11.1. The molecule has 14 heavy (non-hydrogen) atoms. The molecule has 5 heteroatoms. The molecule has 0 saturated heterocycles. The third-order valence-corrected chi connectivity index (χ3v) is 2.00. The van der Waals surface area contributed by atoms with Gasteiger partial charge in [0, 0.05) is 11.6 Å². The van der Waals surface area contributed by atoms with Crippen LogP contribution in [0.5, 0.6) is 5.75 Å². The smallest absolute Gasteiger partial charge is 0.312 e. The van der Waals surface area contributed by atoms with Crippen LogP contribution in [-0.2, 0) is 4.79 Å². The molecule has 0 radical (unpaired) electrons. The molecule has 1 aromatic carbocycles. The van der Waals surface area contributed by atoms with Gasteiger partial charge < -0.3 is 10.5 Å². The molecule has 2 N–H and O–H groups in total. The van der Waals surface area contributed by atoms with Gasteiger partial charge in [0.2, 0.25) is 0 Å². The molecule has 0 saturated carbocycles. The van der Waals surface area contributed by atoms with Crippen LogP contribution in [0.25, 0.3) is 0 Å². The lowest BCUT2D eigenvalue weighted by Gasteiger charge is -2.05. The average Bonchev–Trinajstić information content (AvgIpc) is 2.10. The second-order valence-electron chi connectivity index (χ2n) is 2.59. The molecule has 0 unspecified atom stereocenters. The van der Waals surface area contributed by atoms with Gasteiger partial charge in [-0.2, -0.15) is 0 Å². The van der Waals surface area contributed by atoms with E-state index in [4.69, 9.17) is 33.7 Å². The predicted molar refractivity (Wildman–Crippen MR) is 55.8 cm³/mol. The highest BCUT2D eigenvalue weighted by molar-refractivity contribution is 6.35. The van der Waals surface area contributed by atoms with Gasteiger partial charge in [0.05, 0.1) is 11.4 Å². The first-order valence-corrected chi connectivity index (χ1v) is 4.75. The zero-order chi connectivity index (χ0) is 10.6. The maximum Gasteiger partial charge on any atom is 0.312 e. The SMILES string of the molecule is NCCC(=O)Oc1ccc(Cl)cc1Cl. The normalized spacial score (nSPS) is 9.93. The molecule has 0 atom stereocenters. The largest absolute Gasteiger partial charge is 0.425 e. The van der Waals surface area contributed by atoms with Crippen molar-refractivity contribution < 1.29 is 9.53 Å². The van der Waals surface area contributed by atoms with E-state index in [1.54, 1.807) is 12.1 Å². The number of nitrogens with two attached hydrogens (primary N) is 1. The van der Waals surface area contributed by atoms with E-state index in [1.165, 1.54) is 6.07 Å². The highest BCUT2D eigenvalue weighted by atomic mass is 35.5. The number of carbonyl (C=O) groups is 1. The number of hydrogen-bond acceptors (Lipinski definition) is 3. The van der Waals surface area contributed by atoms with Gasteiger partial charge in [-0.25, -0.2) is 0 Å². The van der Waals surface area contributed by atoms with Crippen LogP contribution in [0.15, 0.2) is 18.2 Å². The van der Waals surface area contributed by atoms with E-state index in [1.807, 2.05) is 0 Å². The molecule has 0 aliphatic heterocycles. The summed E-state index contributed by atoms with van der Waals surface area (Å²) >= 11 is 11.5. The second-order valence-corrected chi connectivity index (χ2v) is 3.43. The Kier molecular flexibility index (Phi) is 4.20. The zero-order valence-electron chi connectivity index (χ0n) is 7.30. The summed E-state index contributed by atoms with van der Waals surface area (Å²) in [6.07, 6.45) is 0.166. The molecule has 76 valence electrons. The number of hydrogen-bond donors (Lipinski definition) is 1. The van der Waals surface area contributed by atoms with E-state index in [-0.39, 0.29) is 13.0 Å². The van der Waals surface area contributed by atoms with Gasteiger partial charge in [-0.3, -0.25) is 4.79 Å². The lowest BCUT2D eigenvalue weighted by Crippen LogP contribution is -2.13. The van der Waals surface area contributed by atoms with Gasteiger partial charge in [0.25, 0.3) is 0 Å². The monoisotopic (exact) mass is 233 g/mol. The summed E-state index contributed by atoms with van der Waals surface area (Å²) in [5.74, 6) is -0.105. The molecule has 0 spiro atoms. The Bertz CT molecular complexity index is 342. The third kappa shape index (κ3) is 3.18. The first kappa shape index (κ1) is 11.3. The number of benzene rings is 1. The van der Waals surface area contributed by atoms with Crippen LogP contribution in [0.4, 0.5) is 0 Å². The first-order valence-electron chi connectivity index (χ1n) is 3.99. The molecule has 0 bridgehead atoms. The molecule has 1 aromatic rings. The highest BCUT2D eigenvalue weighted by Gasteiger charge is 2.07. The minimum Gasteiger partial charge on any atom is -0.425 e. The quantitative estimate of drug-likeness (QED) is 0.644. The maximum absolute atomic E-state index is 11.1. The molecule has 0 aliphatic carbocycles. The molecule has 0 aromatic heterocycles. The van der Waals surface area contributed by atoms with E-state index < -0.39 is 5.97 Å². The summed E-state index contributed by atoms with van der Waals surface area (Å²) in [5, 5.41) is 0.802. The summed E-state index contributed by atoms with van der Waals surface area (Å²) in [7, 11) is 0. The minimum atomic E-state index is -0.406. The molecular weight excluding hydrogens is 225 g/mol. The lowest BCUT2D eigenvalue weighted by atomic mass is 10.3. The van der Waals surface area contributed by atoms with Crippen molar-refractivity contribution in [3.63, 3.8) is 0 Å². The zero-order valence-corrected chi connectivity index (χ0v) is 8.81. The van der Waals surface area contributed by atoms with E-state index in [9.17, 15) is 4.79 Å². The van der Waals surface area contributed by atoms with Crippen LogP contribution in [0.1, 0.15) is 6.42 Å². The van der Waals surface area contributed by atoms with E-state index in [0.717, 1.165) is 0 Å². The van der Waals surface area contributed by atoms with Crippen molar-refractivity contribution in [2.24, 2.45) is 5.73 Å². The van der Waals surface area contributed by atoms with Gasteiger partial charge in [0.1, 0.15) is 5.75 Å². The van der Waals surface area contributed by atoms with Crippen LogP contribution in [0.2, 0.25) is 10.0 Å². The molecular formula is C9H9Cl2NO2. The fraction of sp³-hybridized carbons (Fsp3) is 0.222. The Balaban J connectivity index is 2.72. The summed E-state index contributed by atoms with van der Waals surface area (Å²) in [6, 6.07) is 4.64. The number of rotatable bonds is 3. The Morgan fingerprint density at radius 1 is 1.43 bits per heavy atom. The maximum atomic E-state index is 11.1. The fourth-order valence-electron chi connectivity index (χ4n) is 0.850. The Morgan fingerprint density at radius 2 is 2.14 bits per heavy atom. The van der Waals surface area contributed by atoms with Crippen molar-refractivity contribution in [3.8, 4) is 5.75 Å². The van der Waals surface area contributed by atoms with Gasteiger partial charge in [-0.05, 0) is 18.2 Å². The number of esters is 1. The third-order valence-electron chi connectivity index (χ3n) is 1.47. The van der Waals surface area contributed by atoms with Crippen LogP contribution in [0, 0.1) is 0 Å². The topological polar surface area (TPSA) is 52.3 Å². The van der Waals surface area contributed by atoms with Gasteiger partial charge in [-0.15, -0.1) is 0 Å². The van der Waals surface area contributed by atoms with E-state index in [2.05, 4.69) is 0 Å². The standard InChI is InChI=1S/C9H9Cl2NO2/c10-6-1-2-8(7(11)5-6)14-9(13)3-4-12/h1-2,5H,3-4,12H2. The Labute approximate surface area is 91.7 Å². The summed E-state index contributed by atoms with van der Waals surface area (Å²) in [5.41, 5.74) is 5.19. The molecule has 3 nitrogen and oxygen atoms in total. The van der Waals surface area contributed by atoms with Crippen molar-refractivity contribution in [2.45, 2.75) is 6.42 Å². The number of ether oxygens (including phenoxy) is 1. The van der Waals surface area contributed by atoms with Crippen LogP contribution >= 0.6 is 23.2 Å². The van der Waals surface area contributed by atoms with E-state index in [0.29, 0.717) is 15.8 Å². The molecule has 0 heterocycles. The second kappa shape index (κ2) is 5.20. The van der Waals surface area contributed by atoms with Gasteiger partial charge in [0.15, 0.2) is 0 Å². The van der Waals surface area contributed by atoms with Gasteiger partial charge in [-0.1, -0.05) is 23.2 Å². The summed E-state index contributed by atoms with van der Waals surface area (Å²) < 4.78 is 4.93. The molecule has 1 rings (SSSR count). The Hall–Kier alpha value is -0.770. The molecule has 0 aliphatic rings. The minimum absolute atomic E-state index is 0.166. The first-order chi connectivity index (χ1) is 6.63. The predicted octanol–water partition coefficient (Wildman–Crippen LogP) is 2.25.